The van der Waals surface area contributed by atoms with Gasteiger partial charge in [0.2, 0.25) is 0 Å². The van der Waals surface area contributed by atoms with E-state index in [0.29, 0.717) is 18.5 Å². The molecule has 1 aliphatic carbocycles. The number of carbonyl (C=O) groups excluding carboxylic acids is 1. The number of hydrogen-bond acceptors (Lipinski definition) is 2. The summed E-state index contributed by atoms with van der Waals surface area (Å²) in [6.45, 7) is 4.90. The Kier molecular flexibility index (Phi) is 6.10. The van der Waals surface area contributed by atoms with Crippen molar-refractivity contribution in [2.24, 2.45) is 5.92 Å². The number of carbonyl (C=O) groups is 1. The van der Waals surface area contributed by atoms with Crippen LogP contribution in [0.2, 0.25) is 0 Å². The summed E-state index contributed by atoms with van der Waals surface area (Å²) >= 11 is 0. The Morgan fingerprint density at radius 1 is 1.32 bits per heavy atom. The molecule has 122 valence electrons. The van der Waals surface area contributed by atoms with E-state index in [1.54, 1.807) is 7.11 Å². The highest BCUT2D eigenvalue weighted by molar-refractivity contribution is 5.74. The summed E-state index contributed by atoms with van der Waals surface area (Å²) in [7, 11) is 1.68. The molecule has 0 spiro atoms. The molecule has 1 saturated carbocycles. The van der Waals surface area contributed by atoms with Crippen molar-refractivity contribution in [2.45, 2.75) is 52.0 Å². The van der Waals surface area contributed by atoms with Crippen LogP contribution in [-0.4, -0.2) is 25.7 Å². The number of urea groups is 1. The van der Waals surface area contributed by atoms with Gasteiger partial charge in [-0.3, -0.25) is 0 Å². The van der Waals surface area contributed by atoms with E-state index in [0.717, 1.165) is 24.2 Å². The molecule has 0 aromatic heterocycles. The minimum Gasteiger partial charge on any atom is -0.496 e. The van der Waals surface area contributed by atoms with Gasteiger partial charge < -0.3 is 15.4 Å². The van der Waals surface area contributed by atoms with Gasteiger partial charge >= 0.3 is 6.03 Å². The molecule has 2 atom stereocenters. The molecule has 0 saturated heterocycles. The van der Waals surface area contributed by atoms with Gasteiger partial charge in [-0.25, -0.2) is 4.79 Å². The molecule has 1 fully saturated rings. The Bertz CT molecular complexity index is 502. The van der Waals surface area contributed by atoms with Crippen LogP contribution < -0.4 is 15.4 Å². The minimum absolute atomic E-state index is 0.0506. The Morgan fingerprint density at radius 2 is 2.09 bits per heavy atom. The number of ether oxygens (including phenoxy) is 1. The van der Waals surface area contributed by atoms with Crippen LogP contribution in [0.3, 0.4) is 0 Å². The third-order valence-corrected chi connectivity index (χ3v) is 4.54. The van der Waals surface area contributed by atoms with Crippen LogP contribution in [0.15, 0.2) is 18.2 Å². The maximum Gasteiger partial charge on any atom is 0.315 e. The van der Waals surface area contributed by atoms with Crippen LogP contribution in [0.25, 0.3) is 0 Å². The van der Waals surface area contributed by atoms with Crippen molar-refractivity contribution in [3.05, 3.63) is 29.3 Å². The standard InChI is InChI=1S/C18H28N2O2/c1-13-8-9-17(22-3)15(12-13)10-11-19-18(21)20-16-7-5-4-6-14(16)2/h8-9,12,14,16H,4-7,10-11H2,1-3H3,(H2,19,20,21). The van der Waals surface area contributed by atoms with Gasteiger partial charge in [0.05, 0.1) is 7.11 Å². The summed E-state index contributed by atoms with van der Waals surface area (Å²) < 4.78 is 5.37. The van der Waals surface area contributed by atoms with Crippen molar-refractivity contribution in [3.63, 3.8) is 0 Å². The molecule has 2 N–H and O–H groups in total. The first kappa shape index (κ1) is 16.7. The Morgan fingerprint density at radius 3 is 2.82 bits per heavy atom. The average Bonchev–Trinajstić information content (AvgIpc) is 2.50. The molecule has 22 heavy (non-hydrogen) atoms. The number of methoxy groups -OCH3 is 1. The van der Waals surface area contributed by atoms with Crippen LogP contribution in [0.1, 0.15) is 43.7 Å². The van der Waals surface area contributed by atoms with Gasteiger partial charge in [0.15, 0.2) is 0 Å². The molecule has 0 radical (unpaired) electrons. The van der Waals surface area contributed by atoms with Gasteiger partial charge in [0.25, 0.3) is 0 Å². The number of rotatable bonds is 5. The fourth-order valence-electron chi connectivity index (χ4n) is 3.16. The summed E-state index contributed by atoms with van der Waals surface area (Å²) in [5, 5.41) is 6.08. The predicted molar refractivity (Wildman–Crippen MR) is 89.4 cm³/mol. The fraction of sp³-hybridized carbons (Fsp3) is 0.611. The third kappa shape index (κ3) is 4.65. The number of nitrogens with one attached hydrogen (secondary N) is 2. The number of aryl methyl sites for hydroxylation is 1. The Balaban J connectivity index is 1.78. The molecule has 0 heterocycles. The average molecular weight is 304 g/mol. The molecule has 0 bridgehead atoms. The van der Waals surface area contributed by atoms with E-state index in [1.807, 2.05) is 12.1 Å². The SMILES string of the molecule is COc1ccc(C)cc1CCNC(=O)NC1CCCCC1C. The lowest BCUT2D eigenvalue weighted by molar-refractivity contribution is 0.222. The van der Waals surface area contributed by atoms with Crippen molar-refractivity contribution in [1.29, 1.82) is 0 Å². The molecule has 2 amide bonds. The molecule has 2 unspecified atom stereocenters. The summed E-state index contributed by atoms with van der Waals surface area (Å²) in [5.74, 6) is 1.46. The van der Waals surface area contributed by atoms with Crippen LogP contribution >= 0.6 is 0 Å². The maximum absolute atomic E-state index is 12.0. The van der Waals surface area contributed by atoms with Crippen LogP contribution in [0.5, 0.6) is 5.75 Å². The molecular weight excluding hydrogens is 276 g/mol. The van der Waals surface area contributed by atoms with Crippen molar-refractivity contribution in [2.75, 3.05) is 13.7 Å². The second kappa shape index (κ2) is 8.06. The van der Waals surface area contributed by atoms with E-state index in [-0.39, 0.29) is 6.03 Å². The molecule has 1 aliphatic rings. The first-order valence-electron chi connectivity index (χ1n) is 8.28. The lowest BCUT2D eigenvalue weighted by atomic mass is 9.86. The van der Waals surface area contributed by atoms with Crippen LogP contribution in [0, 0.1) is 12.8 Å². The van der Waals surface area contributed by atoms with Gasteiger partial charge in [0, 0.05) is 12.6 Å². The third-order valence-electron chi connectivity index (χ3n) is 4.54. The molecular formula is C18H28N2O2. The monoisotopic (exact) mass is 304 g/mol. The number of amides is 2. The normalized spacial score (nSPS) is 21.2. The number of benzene rings is 1. The highest BCUT2D eigenvalue weighted by Crippen LogP contribution is 2.23. The minimum atomic E-state index is -0.0506. The largest absolute Gasteiger partial charge is 0.496 e. The second-order valence-electron chi connectivity index (χ2n) is 6.33. The van der Waals surface area contributed by atoms with Crippen LogP contribution in [-0.2, 0) is 6.42 Å². The highest BCUT2D eigenvalue weighted by Gasteiger charge is 2.22. The molecule has 4 nitrogen and oxygen atoms in total. The molecule has 2 rings (SSSR count). The van der Waals surface area contributed by atoms with Crippen molar-refractivity contribution >= 4 is 6.03 Å². The lowest BCUT2D eigenvalue weighted by Crippen LogP contribution is -2.46. The predicted octanol–water partition coefficient (Wildman–Crippen LogP) is 3.42. The van der Waals surface area contributed by atoms with E-state index in [9.17, 15) is 4.79 Å². The molecule has 1 aromatic carbocycles. The zero-order valence-electron chi connectivity index (χ0n) is 13.9. The van der Waals surface area contributed by atoms with Crippen molar-refractivity contribution < 1.29 is 9.53 Å². The van der Waals surface area contributed by atoms with Gasteiger partial charge in [-0.1, -0.05) is 37.5 Å². The van der Waals surface area contributed by atoms with Gasteiger partial charge in [-0.05, 0) is 43.7 Å². The van der Waals surface area contributed by atoms with Gasteiger partial charge in [0.1, 0.15) is 5.75 Å². The zero-order chi connectivity index (χ0) is 15.9. The smallest absolute Gasteiger partial charge is 0.315 e. The molecule has 1 aromatic rings. The quantitative estimate of drug-likeness (QED) is 0.875. The first-order valence-corrected chi connectivity index (χ1v) is 8.28. The molecule has 0 aliphatic heterocycles. The van der Waals surface area contributed by atoms with Crippen LogP contribution in [0.4, 0.5) is 4.79 Å². The van der Waals surface area contributed by atoms with E-state index >= 15 is 0 Å². The van der Waals surface area contributed by atoms with E-state index < -0.39 is 0 Å². The zero-order valence-corrected chi connectivity index (χ0v) is 13.9. The fourth-order valence-corrected chi connectivity index (χ4v) is 3.16. The summed E-state index contributed by atoms with van der Waals surface area (Å²) in [4.78, 5) is 12.0. The first-order chi connectivity index (χ1) is 10.6. The summed E-state index contributed by atoms with van der Waals surface area (Å²) in [6.07, 6.45) is 5.59. The maximum atomic E-state index is 12.0. The summed E-state index contributed by atoms with van der Waals surface area (Å²) in [5.41, 5.74) is 2.34. The van der Waals surface area contributed by atoms with Crippen molar-refractivity contribution in [3.8, 4) is 5.75 Å². The Hall–Kier alpha value is -1.71. The van der Waals surface area contributed by atoms with E-state index in [1.165, 1.54) is 24.8 Å². The van der Waals surface area contributed by atoms with E-state index in [4.69, 9.17) is 4.74 Å². The Labute approximate surface area is 133 Å². The second-order valence-corrected chi connectivity index (χ2v) is 6.33. The number of hydrogen-bond donors (Lipinski definition) is 2. The van der Waals surface area contributed by atoms with Gasteiger partial charge in [-0.15, -0.1) is 0 Å². The summed E-state index contributed by atoms with van der Waals surface area (Å²) in [6, 6.07) is 6.40. The molecule has 4 heteroatoms. The van der Waals surface area contributed by atoms with E-state index in [2.05, 4.69) is 30.5 Å². The lowest BCUT2D eigenvalue weighted by Gasteiger charge is -2.29. The van der Waals surface area contributed by atoms with Crippen molar-refractivity contribution in [1.82, 2.24) is 10.6 Å². The van der Waals surface area contributed by atoms with Gasteiger partial charge in [-0.2, -0.15) is 0 Å². The topological polar surface area (TPSA) is 50.4 Å². The highest BCUT2D eigenvalue weighted by atomic mass is 16.5.